The minimum atomic E-state index is -0.134. The van der Waals surface area contributed by atoms with Gasteiger partial charge < -0.3 is 5.32 Å². The molecule has 1 amide bonds. The second-order valence-electron chi connectivity index (χ2n) is 5.47. The SMILES string of the molecule is CSc1nc(C(=O)N[C@@H](C)c2cc(C)sc2C)c2ccccn12. The third-order valence-corrected chi connectivity index (χ3v) is 5.44. The van der Waals surface area contributed by atoms with Gasteiger partial charge in [0, 0.05) is 16.0 Å². The monoisotopic (exact) mass is 345 g/mol. The summed E-state index contributed by atoms with van der Waals surface area (Å²) in [6, 6.07) is 7.89. The maximum Gasteiger partial charge on any atom is 0.272 e. The molecule has 120 valence electrons. The topological polar surface area (TPSA) is 46.4 Å². The van der Waals surface area contributed by atoms with Crippen molar-refractivity contribution >= 4 is 34.5 Å². The Morgan fingerprint density at radius 2 is 2.17 bits per heavy atom. The standard InChI is InChI=1S/C17H19N3OS2/c1-10-9-13(12(3)23-10)11(2)18-16(21)15-14-7-5-6-8-20(14)17(19-15)22-4/h5-9,11H,1-4H3,(H,18,21)/t11-/m0/s1. The number of thioether (sulfide) groups is 1. The van der Waals surface area contributed by atoms with E-state index in [1.165, 1.54) is 27.1 Å². The average Bonchev–Trinajstić information content (AvgIpc) is 3.07. The number of aryl methyl sites for hydroxylation is 2. The van der Waals surface area contributed by atoms with Crippen LogP contribution < -0.4 is 5.32 Å². The first kappa shape index (κ1) is 16.1. The molecule has 3 heterocycles. The fourth-order valence-corrected chi connectivity index (χ4v) is 4.30. The molecular formula is C17H19N3OS2. The van der Waals surface area contributed by atoms with Crippen molar-refractivity contribution in [2.24, 2.45) is 0 Å². The lowest BCUT2D eigenvalue weighted by atomic mass is 10.1. The van der Waals surface area contributed by atoms with E-state index in [4.69, 9.17) is 0 Å². The molecule has 23 heavy (non-hydrogen) atoms. The molecule has 0 spiro atoms. The molecule has 6 heteroatoms. The number of thiophene rings is 1. The summed E-state index contributed by atoms with van der Waals surface area (Å²) < 4.78 is 1.95. The summed E-state index contributed by atoms with van der Waals surface area (Å²) >= 11 is 3.29. The molecule has 0 radical (unpaired) electrons. The predicted octanol–water partition coefficient (Wildman–Crippen LogP) is 4.23. The van der Waals surface area contributed by atoms with Crippen molar-refractivity contribution in [1.82, 2.24) is 14.7 Å². The molecule has 0 saturated heterocycles. The Labute approximate surface area is 143 Å². The number of carbonyl (C=O) groups excluding carboxylic acids is 1. The largest absolute Gasteiger partial charge is 0.344 e. The maximum absolute atomic E-state index is 12.7. The number of amides is 1. The summed E-state index contributed by atoms with van der Waals surface area (Å²) in [6.07, 6.45) is 3.89. The first-order valence-electron chi connectivity index (χ1n) is 7.40. The Hall–Kier alpha value is -1.79. The Bertz CT molecular complexity index is 866. The van der Waals surface area contributed by atoms with Crippen molar-refractivity contribution in [3.63, 3.8) is 0 Å². The number of hydrogen-bond acceptors (Lipinski definition) is 4. The molecule has 0 aliphatic carbocycles. The molecular weight excluding hydrogens is 326 g/mol. The van der Waals surface area contributed by atoms with Crippen molar-refractivity contribution < 1.29 is 4.79 Å². The average molecular weight is 345 g/mol. The van der Waals surface area contributed by atoms with Gasteiger partial charge >= 0.3 is 0 Å². The lowest BCUT2D eigenvalue weighted by molar-refractivity contribution is 0.0936. The molecule has 0 aliphatic rings. The molecule has 1 N–H and O–H groups in total. The van der Waals surface area contributed by atoms with Gasteiger partial charge in [-0.3, -0.25) is 9.20 Å². The van der Waals surface area contributed by atoms with E-state index in [1.807, 2.05) is 42.0 Å². The van der Waals surface area contributed by atoms with Crippen molar-refractivity contribution in [3.05, 3.63) is 51.5 Å². The smallest absolute Gasteiger partial charge is 0.272 e. The second kappa shape index (κ2) is 6.37. The van der Waals surface area contributed by atoms with E-state index in [0.717, 1.165) is 10.7 Å². The van der Waals surface area contributed by atoms with Crippen LogP contribution in [0.15, 0.2) is 35.6 Å². The maximum atomic E-state index is 12.7. The van der Waals surface area contributed by atoms with Crippen LogP contribution in [-0.4, -0.2) is 21.5 Å². The van der Waals surface area contributed by atoms with Crippen molar-refractivity contribution in [2.45, 2.75) is 32.0 Å². The van der Waals surface area contributed by atoms with Gasteiger partial charge in [-0.2, -0.15) is 0 Å². The minimum Gasteiger partial charge on any atom is -0.344 e. The summed E-state index contributed by atoms with van der Waals surface area (Å²) in [5.41, 5.74) is 2.49. The Morgan fingerprint density at radius 1 is 1.39 bits per heavy atom. The fraction of sp³-hybridized carbons (Fsp3) is 0.294. The van der Waals surface area contributed by atoms with Crippen LogP contribution in [0.25, 0.3) is 5.52 Å². The molecule has 1 atom stereocenters. The summed E-state index contributed by atoms with van der Waals surface area (Å²) in [6.45, 7) is 6.19. The van der Waals surface area contributed by atoms with E-state index in [-0.39, 0.29) is 11.9 Å². The number of hydrogen-bond donors (Lipinski definition) is 1. The summed E-state index contributed by atoms with van der Waals surface area (Å²) in [5, 5.41) is 3.90. The van der Waals surface area contributed by atoms with Gasteiger partial charge in [-0.1, -0.05) is 17.8 Å². The molecule has 0 aliphatic heterocycles. The number of aromatic nitrogens is 2. The van der Waals surface area contributed by atoms with Crippen molar-refractivity contribution in [1.29, 1.82) is 0 Å². The van der Waals surface area contributed by atoms with Gasteiger partial charge in [0.15, 0.2) is 10.9 Å². The number of imidazole rings is 1. The quantitative estimate of drug-likeness (QED) is 0.720. The van der Waals surface area contributed by atoms with Gasteiger partial charge in [0.1, 0.15) is 0 Å². The summed E-state index contributed by atoms with van der Waals surface area (Å²) in [7, 11) is 0. The fourth-order valence-electron chi connectivity index (χ4n) is 2.74. The van der Waals surface area contributed by atoms with Gasteiger partial charge in [0.05, 0.1) is 11.6 Å². The lowest BCUT2D eigenvalue weighted by Gasteiger charge is -2.13. The number of nitrogens with zero attached hydrogens (tertiary/aromatic N) is 2. The lowest BCUT2D eigenvalue weighted by Crippen LogP contribution is -2.27. The van der Waals surface area contributed by atoms with Gasteiger partial charge in [-0.05, 0) is 50.8 Å². The third kappa shape index (κ3) is 3.01. The van der Waals surface area contributed by atoms with Crippen LogP contribution in [0.2, 0.25) is 0 Å². The number of pyridine rings is 1. The number of fused-ring (bicyclic) bond motifs is 1. The molecule has 0 fully saturated rings. The van der Waals surface area contributed by atoms with E-state index in [9.17, 15) is 4.79 Å². The molecule has 0 saturated carbocycles. The molecule has 0 bridgehead atoms. The van der Waals surface area contributed by atoms with Crippen LogP contribution in [0.5, 0.6) is 0 Å². The van der Waals surface area contributed by atoms with Crippen molar-refractivity contribution in [2.75, 3.05) is 6.26 Å². The molecule has 4 nitrogen and oxygen atoms in total. The molecule has 0 unspecified atom stereocenters. The van der Waals surface area contributed by atoms with Crippen LogP contribution in [0.1, 0.15) is 38.8 Å². The highest BCUT2D eigenvalue weighted by Gasteiger charge is 2.20. The zero-order chi connectivity index (χ0) is 16.6. The minimum absolute atomic E-state index is 0.0364. The number of nitrogens with one attached hydrogen (secondary N) is 1. The zero-order valence-corrected chi connectivity index (χ0v) is 15.2. The van der Waals surface area contributed by atoms with Gasteiger partial charge in [-0.15, -0.1) is 11.3 Å². The first-order chi connectivity index (χ1) is 11.0. The van der Waals surface area contributed by atoms with E-state index in [1.54, 1.807) is 11.3 Å². The van der Waals surface area contributed by atoms with Gasteiger partial charge in [-0.25, -0.2) is 4.98 Å². The van der Waals surface area contributed by atoms with Crippen LogP contribution >= 0.6 is 23.1 Å². The van der Waals surface area contributed by atoms with E-state index >= 15 is 0 Å². The number of carbonyl (C=O) groups is 1. The summed E-state index contributed by atoms with van der Waals surface area (Å²) in [5.74, 6) is -0.134. The van der Waals surface area contributed by atoms with Gasteiger partial charge in [0.2, 0.25) is 0 Å². The Kier molecular flexibility index (Phi) is 4.46. The Morgan fingerprint density at radius 3 is 2.83 bits per heavy atom. The molecule has 0 aromatic carbocycles. The highest BCUT2D eigenvalue weighted by atomic mass is 32.2. The molecule has 3 aromatic heterocycles. The number of rotatable bonds is 4. The predicted molar refractivity (Wildman–Crippen MR) is 96.6 cm³/mol. The highest BCUT2D eigenvalue weighted by Crippen LogP contribution is 2.27. The highest BCUT2D eigenvalue weighted by molar-refractivity contribution is 7.98. The Balaban J connectivity index is 1.90. The van der Waals surface area contributed by atoms with Crippen LogP contribution in [0.4, 0.5) is 0 Å². The van der Waals surface area contributed by atoms with E-state index in [2.05, 4.69) is 30.2 Å². The normalized spacial score (nSPS) is 12.5. The molecule has 3 rings (SSSR count). The first-order valence-corrected chi connectivity index (χ1v) is 9.44. The van der Waals surface area contributed by atoms with E-state index in [0.29, 0.717) is 5.69 Å². The van der Waals surface area contributed by atoms with Crippen LogP contribution in [-0.2, 0) is 0 Å². The third-order valence-electron chi connectivity index (χ3n) is 3.81. The van der Waals surface area contributed by atoms with Crippen molar-refractivity contribution in [3.8, 4) is 0 Å². The second-order valence-corrected chi connectivity index (χ2v) is 7.70. The zero-order valence-electron chi connectivity index (χ0n) is 13.6. The van der Waals surface area contributed by atoms with Crippen LogP contribution in [0.3, 0.4) is 0 Å². The van der Waals surface area contributed by atoms with E-state index < -0.39 is 0 Å². The van der Waals surface area contributed by atoms with Gasteiger partial charge in [0.25, 0.3) is 5.91 Å². The molecule has 3 aromatic rings. The van der Waals surface area contributed by atoms with Crippen LogP contribution in [0, 0.1) is 13.8 Å². The summed E-state index contributed by atoms with van der Waals surface area (Å²) in [4.78, 5) is 19.7.